The van der Waals surface area contributed by atoms with E-state index >= 15 is 0 Å². The number of hydrogen-bond donors (Lipinski definition) is 2. The summed E-state index contributed by atoms with van der Waals surface area (Å²) >= 11 is 6.27. The minimum atomic E-state index is -0.154. The second-order valence-corrected chi connectivity index (χ2v) is 6.10. The van der Waals surface area contributed by atoms with Crippen molar-refractivity contribution < 1.29 is 14.3 Å². The molecule has 0 spiro atoms. The summed E-state index contributed by atoms with van der Waals surface area (Å²) in [6.45, 7) is 4.30. The lowest BCUT2D eigenvalue weighted by Crippen LogP contribution is -2.37. The molecule has 1 amide bonds. The first-order valence-corrected chi connectivity index (χ1v) is 8.55. The first-order valence-electron chi connectivity index (χ1n) is 8.17. The Kier molecular flexibility index (Phi) is 9.26. The Hall–Kier alpha value is -1.17. The second kappa shape index (κ2) is 10.6. The maximum absolute atomic E-state index is 12.3. The van der Waals surface area contributed by atoms with Gasteiger partial charge in [-0.3, -0.25) is 4.79 Å². The van der Waals surface area contributed by atoms with Gasteiger partial charge >= 0.3 is 0 Å². The van der Waals surface area contributed by atoms with E-state index in [4.69, 9.17) is 21.1 Å². The number of carbonyl (C=O) groups excluding carboxylic acids is 1. The molecule has 24 heavy (non-hydrogen) atoms. The van der Waals surface area contributed by atoms with Gasteiger partial charge in [-0.1, -0.05) is 24.9 Å². The number of nitrogens with one attached hydrogen (secondary N) is 2. The van der Waals surface area contributed by atoms with Gasteiger partial charge in [-0.25, -0.2) is 0 Å². The summed E-state index contributed by atoms with van der Waals surface area (Å²) < 4.78 is 11.0. The highest BCUT2D eigenvalue weighted by molar-refractivity contribution is 6.32. The molecule has 1 aliphatic heterocycles. The van der Waals surface area contributed by atoms with E-state index in [9.17, 15) is 4.79 Å². The molecule has 7 heteroatoms. The maximum atomic E-state index is 12.3. The summed E-state index contributed by atoms with van der Waals surface area (Å²) in [5.41, 5.74) is 0.479. The lowest BCUT2D eigenvalue weighted by Gasteiger charge is -2.15. The highest BCUT2D eigenvalue weighted by Crippen LogP contribution is 2.36. The molecule has 0 radical (unpaired) electrons. The number of rotatable bonds is 8. The lowest BCUT2D eigenvalue weighted by atomic mass is 10.1. The predicted octanol–water partition coefficient (Wildman–Crippen LogP) is 3.43. The van der Waals surface area contributed by atoms with E-state index in [0.717, 1.165) is 32.2 Å². The Bertz CT molecular complexity index is 535. The normalized spacial score (nSPS) is 16.4. The molecule has 2 rings (SSSR count). The van der Waals surface area contributed by atoms with E-state index in [0.29, 0.717) is 41.3 Å². The molecule has 1 saturated heterocycles. The Balaban J connectivity index is 0.00000288. The number of methoxy groups -OCH3 is 1. The summed E-state index contributed by atoms with van der Waals surface area (Å²) in [6, 6.07) is 3.65. The van der Waals surface area contributed by atoms with Gasteiger partial charge < -0.3 is 20.1 Å². The zero-order valence-corrected chi connectivity index (χ0v) is 15.8. The first kappa shape index (κ1) is 20.9. The van der Waals surface area contributed by atoms with Gasteiger partial charge in [-0.05, 0) is 37.9 Å². The minimum absolute atomic E-state index is 0. The number of ether oxygens (including phenoxy) is 2. The van der Waals surface area contributed by atoms with Gasteiger partial charge in [0.2, 0.25) is 0 Å². The van der Waals surface area contributed by atoms with Crippen LogP contribution in [0.4, 0.5) is 0 Å². The molecule has 2 N–H and O–H groups in total. The van der Waals surface area contributed by atoms with Crippen molar-refractivity contribution in [1.29, 1.82) is 0 Å². The van der Waals surface area contributed by atoms with Crippen LogP contribution in [0.25, 0.3) is 0 Å². The molecule has 5 nitrogen and oxygen atoms in total. The molecule has 1 unspecified atom stereocenters. The van der Waals surface area contributed by atoms with Crippen molar-refractivity contribution >= 4 is 29.9 Å². The molecule has 1 fully saturated rings. The average molecular weight is 377 g/mol. The highest BCUT2D eigenvalue weighted by Gasteiger charge is 2.18. The van der Waals surface area contributed by atoms with E-state index < -0.39 is 0 Å². The number of halogens is 2. The fourth-order valence-electron chi connectivity index (χ4n) is 2.56. The molecule has 0 saturated carbocycles. The van der Waals surface area contributed by atoms with Gasteiger partial charge in [-0.2, -0.15) is 0 Å². The van der Waals surface area contributed by atoms with Gasteiger partial charge in [0.25, 0.3) is 5.91 Å². The van der Waals surface area contributed by atoms with Crippen LogP contribution in [-0.2, 0) is 0 Å². The second-order valence-electron chi connectivity index (χ2n) is 5.69. The SMILES string of the molecule is CCCCOc1c(Cl)cc(C(=O)NCC2CCCN2)cc1OC.Cl. The van der Waals surface area contributed by atoms with Gasteiger partial charge in [-0.15, -0.1) is 12.4 Å². The van der Waals surface area contributed by atoms with Crippen LogP contribution < -0.4 is 20.1 Å². The molecule has 1 atom stereocenters. The van der Waals surface area contributed by atoms with Crippen molar-refractivity contribution in [3.8, 4) is 11.5 Å². The molecule has 0 bridgehead atoms. The van der Waals surface area contributed by atoms with Crippen molar-refractivity contribution in [2.45, 2.75) is 38.6 Å². The lowest BCUT2D eigenvalue weighted by molar-refractivity contribution is 0.0950. The molecule has 0 aromatic heterocycles. The van der Waals surface area contributed by atoms with E-state index in [1.807, 2.05) is 0 Å². The third kappa shape index (κ3) is 5.72. The number of amides is 1. The number of benzene rings is 1. The van der Waals surface area contributed by atoms with Gasteiger partial charge in [0.1, 0.15) is 0 Å². The largest absolute Gasteiger partial charge is 0.493 e. The van der Waals surface area contributed by atoms with Crippen molar-refractivity contribution in [3.05, 3.63) is 22.7 Å². The molecule has 136 valence electrons. The van der Waals surface area contributed by atoms with Crippen molar-refractivity contribution in [2.75, 3.05) is 26.8 Å². The molecular weight excluding hydrogens is 351 g/mol. The number of hydrogen-bond acceptors (Lipinski definition) is 4. The van der Waals surface area contributed by atoms with Gasteiger partial charge in [0, 0.05) is 18.2 Å². The third-order valence-corrected chi connectivity index (χ3v) is 4.19. The Morgan fingerprint density at radius 3 is 2.88 bits per heavy atom. The van der Waals surface area contributed by atoms with Crippen molar-refractivity contribution in [2.24, 2.45) is 0 Å². The van der Waals surface area contributed by atoms with Crippen LogP contribution >= 0.6 is 24.0 Å². The molecule has 1 heterocycles. The zero-order chi connectivity index (χ0) is 16.7. The van der Waals surface area contributed by atoms with Crippen LogP contribution in [0.3, 0.4) is 0 Å². The molecule has 1 aliphatic rings. The molecule has 1 aromatic carbocycles. The molecule has 1 aromatic rings. The predicted molar refractivity (Wildman–Crippen MR) is 99.0 cm³/mol. The summed E-state index contributed by atoms with van der Waals surface area (Å²) in [7, 11) is 1.54. The molecular formula is C17H26Cl2N2O3. The van der Waals surface area contributed by atoms with Crippen LogP contribution in [0, 0.1) is 0 Å². The fraction of sp³-hybridized carbons (Fsp3) is 0.588. The summed E-state index contributed by atoms with van der Waals surface area (Å²) in [5, 5.41) is 6.68. The first-order chi connectivity index (χ1) is 11.2. The smallest absolute Gasteiger partial charge is 0.251 e. The van der Waals surface area contributed by atoms with Crippen LogP contribution in [0.1, 0.15) is 43.0 Å². The monoisotopic (exact) mass is 376 g/mol. The Labute approximate surface area is 154 Å². The highest BCUT2D eigenvalue weighted by atomic mass is 35.5. The molecule has 0 aliphatic carbocycles. The average Bonchev–Trinajstić information content (AvgIpc) is 3.07. The van der Waals surface area contributed by atoms with Crippen LogP contribution in [0.15, 0.2) is 12.1 Å². The van der Waals surface area contributed by atoms with Crippen LogP contribution in [0.2, 0.25) is 5.02 Å². The Morgan fingerprint density at radius 2 is 2.25 bits per heavy atom. The Morgan fingerprint density at radius 1 is 1.46 bits per heavy atom. The van der Waals surface area contributed by atoms with E-state index in [1.54, 1.807) is 19.2 Å². The van der Waals surface area contributed by atoms with Crippen molar-refractivity contribution in [1.82, 2.24) is 10.6 Å². The standard InChI is InChI=1S/C17H25ClN2O3.ClH/c1-3-4-8-23-16-14(18)9-12(10-15(16)22-2)17(21)20-11-13-6-5-7-19-13;/h9-10,13,19H,3-8,11H2,1-2H3,(H,20,21);1H. The van der Waals surface area contributed by atoms with E-state index in [-0.39, 0.29) is 18.3 Å². The fourth-order valence-corrected chi connectivity index (χ4v) is 2.82. The van der Waals surface area contributed by atoms with Crippen molar-refractivity contribution in [3.63, 3.8) is 0 Å². The van der Waals surface area contributed by atoms with Gasteiger partial charge in [0.15, 0.2) is 11.5 Å². The van der Waals surface area contributed by atoms with Crippen LogP contribution in [0.5, 0.6) is 11.5 Å². The van der Waals surface area contributed by atoms with E-state index in [1.165, 1.54) is 0 Å². The zero-order valence-electron chi connectivity index (χ0n) is 14.2. The van der Waals surface area contributed by atoms with Crippen LogP contribution in [-0.4, -0.2) is 38.8 Å². The summed E-state index contributed by atoms with van der Waals surface area (Å²) in [6.07, 6.45) is 4.23. The maximum Gasteiger partial charge on any atom is 0.251 e. The summed E-state index contributed by atoms with van der Waals surface area (Å²) in [4.78, 5) is 12.3. The van der Waals surface area contributed by atoms with E-state index in [2.05, 4.69) is 17.6 Å². The topological polar surface area (TPSA) is 59.6 Å². The number of carbonyl (C=O) groups is 1. The quantitative estimate of drug-likeness (QED) is 0.682. The van der Waals surface area contributed by atoms with Gasteiger partial charge in [0.05, 0.1) is 18.7 Å². The summed E-state index contributed by atoms with van der Waals surface area (Å²) in [5.74, 6) is 0.827. The third-order valence-electron chi connectivity index (χ3n) is 3.91. The number of unbranched alkanes of at least 4 members (excludes halogenated alkanes) is 1. The minimum Gasteiger partial charge on any atom is -0.493 e.